The normalized spacial score (nSPS) is 9.94. The van der Waals surface area contributed by atoms with E-state index < -0.39 is 5.63 Å². The molecule has 0 atom stereocenters. The van der Waals surface area contributed by atoms with Crippen LogP contribution in [0.15, 0.2) is 27.4 Å². The molecule has 0 N–H and O–H groups in total. The van der Waals surface area contributed by atoms with Crippen molar-refractivity contribution in [2.75, 3.05) is 14.2 Å². The zero-order valence-corrected chi connectivity index (χ0v) is 9.31. The van der Waals surface area contributed by atoms with Crippen molar-refractivity contribution in [3.8, 4) is 17.6 Å². The molecule has 2 rings (SSSR count). The summed E-state index contributed by atoms with van der Waals surface area (Å²) in [6.07, 6.45) is 0. The van der Waals surface area contributed by atoms with Gasteiger partial charge in [0.1, 0.15) is 23.2 Å². The van der Waals surface area contributed by atoms with Crippen molar-refractivity contribution in [1.82, 2.24) is 0 Å². The van der Waals surface area contributed by atoms with Gasteiger partial charge in [0.25, 0.3) is 0 Å². The zero-order valence-electron chi connectivity index (χ0n) is 9.31. The van der Waals surface area contributed by atoms with E-state index in [9.17, 15) is 4.79 Å². The summed E-state index contributed by atoms with van der Waals surface area (Å²) in [5.74, 6) is 0.923. The second-order valence-corrected chi connectivity index (χ2v) is 3.29. The van der Waals surface area contributed by atoms with Crippen LogP contribution >= 0.6 is 0 Å². The van der Waals surface area contributed by atoms with Gasteiger partial charge in [-0.25, -0.2) is 4.79 Å². The third-order valence-corrected chi connectivity index (χ3v) is 2.36. The van der Waals surface area contributed by atoms with Crippen LogP contribution < -0.4 is 15.1 Å². The van der Waals surface area contributed by atoms with Crippen LogP contribution in [-0.2, 0) is 0 Å². The average molecular weight is 231 g/mol. The molecule has 0 amide bonds. The first-order valence-electron chi connectivity index (χ1n) is 4.79. The molecule has 0 aliphatic rings. The topological polar surface area (TPSA) is 72.5 Å². The molecule has 1 aromatic heterocycles. The minimum absolute atomic E-state index is 0.218. The maximum absolute atomic E-state index is 11.3. The predicted molar refractivity (Wildman–Crippen MR) is 60.3 cm³/mol. The Bertz CT molecular complexity index is 666. The minimum atomic E-state index is -0.579. The predicted octanol–water partition coefficient (Wildman–Crippen LogP) is 1.68. The van der Waals surface area contributed by atoms with E-state index in [1.54, 1.807) is 12.1 Å². The lowest BCUT2D eigenvalue weighted by Gasteiger charge is -2.08. The lowest BCUT2D eigenvalue weighted by molar-refractivity contribution is 0.396. The van der Waals surface area contributed by atoms with E-state index in [1.807, 2.05) is 6.07 Å². The Morgan fingerprint density at radius 1 is 1.24 bits per heavy atom. The standard InChI is InChI=1S/C12H9NO4/c1-15-8-4-9(16-2)12-7(6-13)3-11(14)17-10(12)5-8/h3-5H,1-2H3. The molecule has 17 heavy (non-hydrogen) atoms. The van der Waals surface area contributed by atoms with Gasteiger partial charge in [-0.2, -0.15) is 5.26 Å². The van der Waals surface area contributed by atoms with Crippen LogP contribution in [0.5, 0.6) is 11.5 Å². The molecule has 0 unspecified atom stereocenters. The Morgan fingerprint density at radius 3 is 2.59 bits per heavy atom. The number of benzene rings is 1. The largest absolute Gasteiger partial charge is 0.496 e. The lowest BCUT2D eigenvalue weighted by Crippen LogP contribution is -2.00. The highest BCUT2D eigenvalue weighted by atomic mass is 16.5. The third kappa shape index (κ3) is 1.81. The molecule has 0 aliphatic carbocycles. The van der Waals surface area contributed by atoms with E-state index in [2.05, 4.69) is 0 Å². The van der Waals surface area contributed by atoms with Crippen LogP contribution in [0.25, 0.3) is 11.0 Å². The first kappa shape index (κ1) is 11.0. The molecular formula is C12H9NO4. The van der Waals surface area contributed by atoms with Gasteiger partial charge in [0.2, 0.25) is 0 Å². The molecule has 1 heterocycles. The van der Waals surface area contributed by atoms with Gasteiger partial charge in [-0.05, 0) is 0 Å². The Morgan fingerprint density at radius 2 is 2.00 bits per heavy atom. The monoisotopic (exact) mass is 231 g/mol. The molecule has 0 radical (unpaired) electrons. The molecule has 0 aliphatic heterocycles. The van der Waals surface area contributed by atoms with Crippen LogP contribution in [0, 0.1) is 11.3 Å². The molecule has 5 heteroatoms. The van der Waals surface area contributed by atoms with Gasteiger partial charge in [-0.1, -0.05) is 0 Å². The van der Waals surface area contributed by atoms with Gasteiger partial charge in [-0.15, -0.1) is 0 Å². The molecule has 86 valence electrons. The molecule has 0 fully saturated rings. The Labute approximate surface area is 96.8 Å². The van der Waals surface area contributed by atoms with Crippen LogP contribution in [0.1, 0.15) is 5.56 Å². The molecule has 0 saturated heterocycles. The van der Waals surface area contributed by atoms with Crippen molar-refractivity contribution in [2.45, 2.75) is 0 Å². The summed E-state index contributed by atoms with van der Waals surface area (Å²) in [4.78, 5) is 11.3. The number of ether oxygens (including phenoxy) is 2. The quantitative estimate of drug-likeness (QED) is 0.735. The van der Waals surface area contributed by atoms with Crippen LogP contribution in [-0.4, -0.2) is 14.2 Å². The van der Waals surface area contributed by atoms with Crippen molar-refractivity contribution < 1.29 is 13.9 Å². The summed E-state index contributed by atoms with van der Waals surface area (Å²) in [5, 5.41) is 9.46. The number of rotatable bonds is 2. The van der Waals surface area contributed by atoms with Crippen LogP contribution in [0.3, 0.4) is 0 Å². The van der Waals surface area contributed by atoms with Gasteiger partial charge in [0.05, 0.1) is 25.2 Å². The Balaban J connectivity index is 2.94. The summed E-state index contributed by atoms with van der Waals surface area (Å²) >= 11 is 0. The maximum Gasteiger partial charge on any atom is 0.337 e. The van der Waals surface area contributed by atoms with E-state index in [1.165, 1.54) is 14.2 Å². The van der Waals surface area contributed by atoms with Gasteiger partial charge in [-0.3, -0.25) is 0 Å². The Hall–Kier alpha value is -2.48. The fraction of sp³-hybridized carbons (Fsp3) is 0.167. The summed E-state index contributed by atoms with van der Waals surface area (Å²) < 4.78 is 15.2. The molecule has 0 bridgehead atoms. The first-order valence-corrected chi connectivity index (χ1v) is 4.79. The molecule has 5 nitrogen and oxygen atoms in total. The second kappa shape index (κ2) is 4.18. The number of nitrogens with zero attached hydrogens (tertiary/aromatic N) is 1. The fourth-order valence-corrected chi connectivity index (χ4v) is 1.61. The van der Waals surface area contributed by atoms with Gasteiger partial charge >= 0.3 is 5.63 Å². The maximum atomic E-state index is 11.3. The van der Waals surface area contributed by atoms with Gasteiger partial charge in [0, 0.05) is 18.2 Å². The number of hydrogen-bond donors (Lipinski definition) is 0. The smallest absolute Gasteiger partial charge is 0.337 e. The van der Waals surface area contributed by atoms with Gasteiger partial charge in [0.15, 0.2) is 0 Å². The SMILES string of the molecule is COc1cc(OC)c2c(C#N)cc(=O)oc2c1. The van der Waals surface area contributed by atoms with Crippen molar-refractivity contribution in [3.05, 3.63) is 34.2 Å². The highest BCUT2D eigenvalue weighted by Crippen LogP contribution is 2.32. The summed E-state index contributed by atoms with van der Waals surface area (Å²) in [7, 11) is 2.97. The summed E-state index contributed by atoms with van der Waals surface area (Å²) in [5.41, 5.74) is -0.0923. The van der Waals surface area contributed by atoms with E-state index in [0.29, 0.717) is 16.9 Å². The lowest BCUT2D eigenvalue weighted by atomic mass is 10.1. The van der Waals surface area contributed by atoms with E-state index in [-0.39, 0.29) is 11.1 Å². The fourth-order valence-electron chi connectivity index (χ4n) is 1.61. The highest BCUT2D eigenvalue weighted by Gasteiger charge is 2.12. The number of fused-ring (bicyclic) bond motifs is 1. The molecule has 1 aromatic carbocycles. The molecule has 2 aromatic rings. The molecular weight excluding hydrogens is 222 g/mol. The first-order chi connectivity index (χ1) is 8.19. The number of methoxy groups -OCH3 is 2. The van der Waals surface area contributed by atoms with E-state index >= 15 is 0 Å². The average Bonchev–Trinajstić information content (AvgIpc) is 2.35. The van der Waals surface area contributed by atoms with Crippen molar-refractivity contribution in [1.29, 1.82) is 5.26 Å². The number of hydrogen-bond acceptors (Lipinski definition) is 5. The highest BCUT2D eigenvalue weighted by molar-refractivity contribution is 5.90. The van der Waals surface area contributed by atoms with E-state index in [4.69, 9.17) is 19.2 Å². The minimum Gasteiger partial charge on any atom is -0.496 e. The van der Waals surface area contributed by atoms with Crippen LogP contribution in [0.4, 0.5) is 0 Å². The Kier molecular flexibility index (Phi) is 2.71. The zero-order chi connectivity index (χ0) is 12.4. The summed E-state index contributed by atoms with van der Waals surface area (Å²) in [6, 6.07) is 6.25. The number of nitriles is 1. The second-order valence-electron chi connectivity index (χ2n) is 3.29. The van der Waals surface area contributed by atoms with Crippen molar-refractivity contribution >= 4 is 11.0 Å². The van der Waals surface area contributed by atoms with Crippen LogP contribution in [0.2, 0.25) is 0 Å². The van der Waals surface area contributed by atoms with E-state index in [0.717, 1.165) is 6.07 Å². The van der Waals surface area contributed by atoms with Crippen molar-refractivity contribution in [2.24, 2.45) is 0 Å². The van der Waals surface area contributed by atoms with Gasteiger partial charge < -0.3 is 13.9 Å². The summed E-state index contributed by atoms with van der Waals surface area (Å²) in [6.45, 7) is 0. The van der Waals surface area contributed by atoms with Crippen molar-refractivity contribution in [3.63, 3.8) is 0 Å². The third-order valence-electron chi connectivity index (χ3n) is 2.36. The molecule has 0 saturated carbocycles. The molecule has 0 spiro atoms.